The highest BCUT2D eigenvalue weighted by molar-refractivity contribution is 9.10. The first-order chi connectivity index (χ1) is 9.47. The Kier molecular flexibility index (Phi) is 4.34. The largest absolute Gasteiger partial charge is 0.381 e. The van der Waals surface area contributed by atoms with Crippen LogP contribution in [0.25, 0.3) is 0 Å². The maximum absolute atomic E-state index is 13.2. The Morgan fingerprint density at radius 2 is 2.05 bits per heavy atom. The van der Waals surface area contributed by atoms with Gasteiger partial charge < -0.3 is 5.32 Å². The normalized spacial score (nSPS) is 10.3. The summed E-state index contributed by atoms with van der Waals surface area (Å²) >= 11 is 3.42. The van der Waals surface area contributed by atoms with Crippen molar-refractivity contribution in [2.75, 3.05) is 5.32 Å². The van der Waals surface area contributed by atoms with Crippen molar-refractivity contribution >= 4 is 27.3 Å². The standard InChI is InChI=1S/C14H12BrFN2O2/c1-9-6-10(2-4-12(9)15)8-17-11-3-5-13(16)14(7-11)18(19)20/h2-7,17H,8H2,1H3. The molecule has 0 aromatic heterocycles. The molecule has 0 saturated carbocycles. The average Bonchev–Trinajstić information content (AvgIpc) is 2.41. The van der Waals surface area contributed by atoms with Gasteiger partial charge in [-0.2, -0.15) is 4.39 Å². The number of rotatable bonds is 4. The van der Waals surface area contributed by atoms with Crippen LogP contribution in [0.15, 0.2) is 40.9 Å². The number of nitrogens with zero attached hydrogens (tertiary/aromatic N) is 1. The van der Waals surface area contributed by atoms with Crippen LogP contribution in [0.4, 0.5) is 15.8 Å². The smallest absolute Gasteiger partial charge is 0.306 e. The second-order valence-corrected chi connectivity index (χ2v) is 5.21. The van der Waals surface area contributed by atoms with Crippen molar-refractivity contribution in [2.24, 2.45) is 0 Å². The first-order valence-electron chi connectivity index (χ1n) is 5.90. The summed E-state index contributed by atoms with van der Waals surface area (Å²) in [4.78, 5) is 9.93. The molecule has 0 saturated heterocycles. The lowest BCUT2D eigenvalue weighted by atomic mass is 10.1. The van der Waals surface area contributed by atoms with E-state index in [1.54, 1.807) is 0 Å². The van der Waals surface area contributed by atoms with Crippen molar-refractivity contribution in [1.29, 1.82) is 0 Å². The fraction of sp³-hybridized carbons (Fsp3) is 0.143. The third-order valence-corrected chi connectivity index (χ3v) is 3.75. The van der Waals surface area contributed by atoms with Gasteiger partial charge in [0.05, 0.1) is 4.92 Å². The highest BCUT2D eigenvalue weighted by Crippen LogP contribution is 2.22. The van der Waals surface area contributed by atoms with Gasteiger partial charge in [-0.1, -0.05) is 28.1 Å². The van der Waals surface area contributed by atoms with E-state index >= 15 is 0 Å². The molecular formula is C14H12BrFN2O2. The Hall–Kier alpha value is -1.95. The minimum absolute atomic E-state index is 0.511. The van der Waals surface area contributed by atoms with Crippen LogP contribution in [0.5, 0.6) is 0 Å². The van der Waals surface area contributed by atoms with Crippen LogP contribution >= 0.6 is 15.9 Å². The summed E-state index contributed by atoms with van der Waals surface area (Å²) in [5.74, 6) is -0.833. The van der Waals surface area contributed by atoms with Crippen LogP contribution in [-0.2, 0) is 6.54 Å². The second kappa shape index (κ2) is 6.00. The molecule has 0 fully saturated rings. The molecule has 0 aliphatic heterocycles. The minimum atomic E-state index is -0.833. The summed E-state index contributed by atoms with van der Waals surface area (Å²) in [6, 6.07) is 9.67. The summed E-state index contributed by atoms with van der Waals surface area (Å²) in [5.41, 5.74) is 2.13. The number of aryl methyl sites for hydroxylation is 1. The van der Waals surface area contributed by atoms with Crippen LogP contribution in [0.2, 0.25) is 0 Å². The molecule has 0 aliphatic carbocycles. The van der Waals surface area contributed by atoms with E-state index in [0.29, 0.717) is 12.2 Å². The minimum Gasteiger partial charge on any atom is -0.381 e. The van der Waals surface area contributed by atoms with Gasteiger partial charge >= 0.3 is 5.69 Å². The van der Waals surface area contributed by atoms with Crippen LogP contribution in [0, 0.1) is 22.9 Å². The predicted octanol–water partition coefficient (Wildman–Crippen LogP) is 4.42. The van der Waals surface area contributed by atoms with E-state index in [9.17, 15) is 14.5 Å². The Balaban J connectivity index is 2.12. The molecular weight excluding hydrogens is 327 g/mol. The van der Waals surface area contributed by atoms with E-state index < -0.39 is 16.4 Å². The topological polar surface area (TPSA) is 55.2 Å². The Morgan fingerprint density at radius 1 is 1.30 bits per heavy atom. The summed E-state index contributed by atoms with van der Waals surface area (Å²) in [5, 5.41) is 13.7. The van der Waals surface area contributed by atoms with Crippen LogP contribution in [0.3, 0.4) is 0 Å². The molecule has 0 radical (unpaired) electrons. The molecule has 20 heavy (non-hydrogen) atoms. The fourth-order valence-corrected chi connectivity index (χ4v) is 2.03. The Morgan fingerprint density at radius 3 is 2.70 bits per heavy atom. The van der Waals surface area contributed by atoms with Gasteiger partial charge in [0.2, 0.25) is 5.82 Å². The zero-order valence-corrected chi connectivity index (χ0v) is 12.3. The number of hydrogen-bond acceptors (Lipinski definition) is 3. The van der Waals surface area contributed by atoms with Crippen LogP contribution in [-0.4, -0.2) is 4.92 Å². The van der Waals surface area contributed by atoms with Crippen LogP contribution in [0.1, 0.15) is 11.1 Å². The van der Waals surface area contributed by atoms with Gasteiger partial charge in [0, 0.05) is 22.8 Å². The summed E-state index contributed by atoms with van der Waals surface area (Å²) in [6.45, 7) is 2.49. The molecule has 0 unspecified atom stereocenters. The lowest BCUT2D eigenvalue weighted by Gasteiger charge is -2.08. The van der Waals surface area contributed by atoms with Gasteiger partial charge in [-0.3, -0.25) is 10.1 Å². The van der Waals surface area contributed by atoms with Gasteiger partial charge in [0.1, 0.15) is 0 Å². The molecule has 0 aliphatic rings. The zero-order valence-electron chi connectivity index (χ0n) is 10.7. The van der Waals surface area contributed by atoms with E-state index in [4.69, 9.17) is 0 Å². The second-order valence-electron chi connectivity index (χ2n) is 4.36. The molecule has 4 nitrogen and oxygen atoms in total. The molecule has 2 aromatic carbocycles. The maximum atomic E-state index is 13.2. The van der Waals surface area contributed by atoms with Crippen molar-refractivity contribution in [3.63, 3.8) is 0 Å². The molecule has 104 valence electrons. The fourth-order valence-electron chi connectivity index (χ4n) is 1.78. The number of benzene rings is 2. The van der Waals surface area contributed by atoms with Crippen molar-refractivity contribution < 1.29 is 9.31 Å². The van der Waals surface area contributed by atoms with Crippen molar-refractivity contribution in [3.05, 3.63) is 67.9 Å². The van der Waals surface area contributed by atoms with Crippen molar-refractivity contribution in [1.82, 2.24) is 0 Å². The highest BCUT2D eigenvalue weighted by atomic mass is 79.9. The monoisotopic (exact) mass is 338 g/mol. The van der Waals surface area contributed by atoms with Crippen LogP contribution < -0.4 is 5.32 Å². The zero-order chi connectivity index (χ0) is 14.7. The van der Waals surface area contributed by atoms with Gasteiger partial charge in [-0.15, -0.1) is 0 Å². The van der Waals surface area contributed by atoms with Gasteiger partial charge in [0.15, 0.2) is 0 Å². The molecule has 0 spiro atoms. The Bertz CT molecular complexity index is 662. The number of nitro groups is 1. The molecule has 0 atom stereocenters. The molecule has 0 heterocycles. The summed E-state index contributed by atoms with van der Waals surface area (Å²) < 4.78 is 14.2. The van der Waals surface area contributed by atoms with Gasteiger partial charge in [-0.05, 0) is 36.2 Å². The van der Waals surface area contributed by atoms with E-state index in [1.807, 2.05) is 25.1 Å². The molecule has 2 rings (SSSR count). The molecule has 2 aromatic rings. The molecule has 6 heteroatoms. The number of hydrogen-bond donors (Lipinski definition) is 1. The summed E-state index contributed by atoms with van der Waals surface area (Å²) in [6.07, 6.45) is 0. The SMILES string of the molecule is Cc1cc(CNc2ccc(F)c([N+](=O)[O-])c2)ccc1Br. The highest BCUT2D eigenvalue weighted by Gasteiger charge is 2.14. The first kappa shape index (κ1) is 14.5. The lowest BCUT2D eigenvalue weighted by molar-refractivity contribution is -0.387. The number of nitro benzene ring substituents is 1. The average molecular weight is 339 g/mol. The van der Waals surface area contributed by atoms with Crippen molar-refractivity contribution in [3.8, 4) is 0 Å². The van der Waals surface area contributed by atoms with Gasteiger partial charge in [0.25, 0.3) is 0 Å². The van der Waals surface area contributed by atoms with Crippen molar-refractivity contribution in [2.45, 2.75) is 13.5 Å². The first-order valence-corrected chi connectivity index (χ1v) is 6.69. The van der Waals surface area contributed by atoms with E-state index in [2.05, 4.69) is 21.2 Å². The molecule has 0 amide bonds. The van der Waals surface area contributed by atoms with E-state index in [1.165, 1.54) is 12.1 Å². The summed E-state index contributed by atoms with van der Waals surface area (Å²) in [7, 11) is 0. The third kappa shape index (κ3) is 3.33. The number of halogens is 2. The third-order valence-electron chi connectivity index (χ3n) is 2.86. The van der Waals surface area contributed by atoms with Gasteiger partial charge in [-0.25, -0.2) is 0 Å². The molecule has 1 N–H and O–H groups in total. The predicted molar refractivity (Wildman–Crippen MR) is 79.3 cm³/mol. The molecule has 0 bridgehead atoms. The van der Waals surface area contributed by atoms with E-state index in [0.717, 1.165) is 21.7 Å². The lowest BCUT2D eigenvalue weighted by Crippen LogP contribution is -2.01. The quantitative estimate of drug-likeness (QED) is 0.663. The van der Waals surface area contributed by atoms with E-state index in [-0.39, 0.29) is 0 Å². The Labute approximate surface area is 123 Å². The number of anilines is 1. The maximum Gasteiger partial charge on any atom is 0.306 e. The number of nitrogens with one attached hydrogen (secondary N) is 1.